The third-order valence-electron chi connectivity index (χ3n) is 5.12. The van der Waals surface area contributed by atoms with Gasteiger partial charge in [-0.1, -0.05) is 17.7 Å². The van der Waals surface area contributed by atoms with Crippen molar-refractivity contribution in [2.75, 3.05) is 11.5 Å². The fourth-order valence-electron chi connectivity index (χ4n) is 3.76. The number of rotatable bonds is 5. The summed E-state index contributed by atoms with van der Waals surface area (Å²) < 4.78 is 33.1. The maximum atomic E-state index is 14.1. The standard InChI is InChI=1S/C22H20F2N2O3S/c1-3-29-19(27)10-14-9-13-8-12(2)4-6-16(13)26(22(14)28)11-18-25-21-17(30-18)7-5-15(23)20(21)24/h4-8,14H,3,9-11H2,1-2H3. The number of amides is 1. The summed E-state index contributed by atoms with van der Waals surface area (Å²) in [6.45, 7) is 4.06. The van der Waals surface area contributed by atoms with Gasteiger partial charge in [-0.15, -0.1) is 11.3 Å². The Morgan fingerprint density at radius 1 is 1.30 bits per heavy atom. The number of ether oxygens (including phenoxy) is 1. The predicted molar refractivity (Wildman–Crippen MR) is 110 cm³/mol. The zero-order valence-corrected chi connectivity index (χ0v) is 17.4. The summed E-state index contributed by atoms with van der Waals surface area (Å²) in [5.41, 5.74) is 2.72. The van der Waals surface area contributed by atoms with E-state index < -0.39 is 23.5 Å². The van der Waals surface area contributed by atoms with E-state index in [1.165, 1.54) is 17.4 Å². The van der Waals surface area contributed by atoms with E-state index >= 15 is 0 Å². The van der Waals surface area contributed by atoms with Gasteiger partial charge in [0.2, 0.25) is 5.91 Å². The Morgan fingerprint density at radius 2 is 2.10 bits per heavy atom. The summed E-state index contributed by atoms with van der Waals surface area (Å²) in [6.07, 6.45) is 0.446. The quantitative estimate of drug-likeness (QED) is 0.558. The number of carbonyl (C=O) groups is 2. The molecule has 3 aromatic rings. The van der Waals surface area contributed by atoms with Gasteiger partial charge in [0.15, 0.2) is 11.6 Å². The number of benzene rings is 2. The topological polar surface area (TPSA) is 59.5 Å². The molecule has 2 aromatic carbocycles. The average Bonchev–Trinajstić information content (AvgIpc) is 3.11. The van der Waals surface area contributed by atoms with Crippen molar-refractivity contribution in [3.63, 3.8) is 0 Å². The first-order valence-electron chi connectivity index (χ1n) is 9.67. The number of hydrogen-bond donors (Lipinski definition) is 0. The van der Waals surface area contributed by atoms with Gasteiger partial charge in [-0.3, -0.25) is 9.59 Å². The molecule has 0 N–H and O–H groups in total. The molecule has 1 aromatic heterocycles. The molecule has 4 rings (SSSR count). The number of aromatic nitrogens is 1. The molecule has 30 heavy (non-hydrogen) atoms. The summed E-state index contributed by atoms with van der Waals surface area (Å²) in [7, 11) is 0. The fourth-order valence-corrected chi connectivity index (χ4v) is 4.72. The van der Waals surface area contributed by atoms with Crippen molar-refractivity contribution in [2.24, 2.45) is 5.92 Å². The molecule has 0 fully saturated rings. The molecule has 8 heteroatoms. The number of fused-ring (bicyclic) bond motifs is 2. The van der Waals surface area contributed by atoms with Gasteiger partial charge in [0.1, 0.15) is 10.5 Å². The second-order valence-electron chi connectivity index (χ2n) is 7.28. The van der Waals surface area contributed by atoms with Gasteiger partial charge >= 0.3 is 5.97 Å². The molecule has 1 unspecified atom stereocenters. The molecule has 0 spiro atoms. The van der Waals surface area contributed by atoms with Crippen molar-refractivity contribution in [3.05, 3.63) is 58.1 Å². The Morgan fingerprint density at radius 3 is 2.87 bits per heavy atom. The molecule has 1 aliphatic rings. The van der Waals surface area contributed by atoms with E-state index in [2.05, 4.69) is 4.98 Å². The third kappa shape index (κ3) is 3.79. The first-order valence-corrected chi connectivity index (χ1v) is 10.5. The first-order chi connectivity index (χ1) is 14.4. The lowest BCUT2D eigenvalue weighted by molar-refractivity contribution is -0.146. The minimum atomic E-state index is -0.990. The lowest BCUT2D eigenvalue weighted by Crippen LogP contribution is -2.42. The second-order valence-corrected chi connectivity index (χ2v) is 8.40. The van der Waals surface area contributed by atoms with Crippen molar-refractivity contribution >= 4 is 39.1 Å². The van der Waals surface area contributed by atoms with Crippen LogP contribution in [0.1, 0.15) is 29.5 Å². The summed E-state index contributed by atoms with van der Waals surface area (Å²) >= 11 is 1.21. The van der Waals surface area contributed by atoms with E-state index in [9.17, 15) is 18.4 Å². The van der Waals surface area contributed by atoms with Crippen LogP contribution in [0, 0.1) is 24.5 Å². The van der Waals surface area contributed by atoms with Crippen molar-refractivity contribution in [1.29, 1.82) is 0 Å². The summed E-state index contributed by atoms with van der Waals surface area (Å²) in [5, 5.41) is 0.492. The predicted octanol–water partition coefficient (Wildman–Crippen LogP) is 4.54. The molecular weight excluding hydrogens is 410 g/mol. The van der Waals surface area contributed by atoms with Gasteiger partial charge in [0.25, 0.3) is 0 Å². The van der Waals surface area contributed by atoms with E-state index in [0.717, 1.165) is 22.9 Å². The maximum absolute atomic E-state index is 14.1. The molecule has 0 radical (unpaired) electrons. The van der Waals surface area contributed by atoms with Crippen LogP contribution in [0.25, 0.3) is 10.2 Å². The van der Waals surface area contributed by atoms with Gasteiger partial charge in [0.05, 0.1) is 30.2 Å². The van der Waals surface area contributed by atoms with Crippen LogP contribution in [0.3, 0.4) is 0 Å². The van der Waals surface area contributed by atoms with Crippen LogP contribution in [0.5, 0.6) is 0 Å². The van der Waals surface area contributed by atoms with Crippen LogP contribution in [-0.2, 0) is 27.3 Å². The molecule has 0 saturated carbocycles. The second kappa shape index (κ2) is 8.10. The largest absolute Gasteiger partial charge is 0.466 e. The van der Waals surface area contributed by atoms with E-state index in [-0.39, 0.29) is 31.0 Å². The number of nitrogens with zero attached hydrogens (tertiary/aromatic N) is 2. The molecule has 0 saturated heterocycles. The molecule has 2 heterocycles. The molecule has 1 aliphatic heterocycles. The van der Waals surface area contributed by atoms with Crippen LogP contribution in [0.2, 0.25) is 0 Å². The van der Waals surface area contributed by atoms with Crippen LogP contribution in [-0.4, -0.2) is 23.5 Å². The minimum absolute atomic E-state index is 0.00373. The van der Waals surface area contributed by atoms with Crippen molar-refractivity contribution in [3.8, 4) is 0 Å². The highest BCUT2D eigenvalue weighted by atomic mass is 32.1. The summed E-state index contributed by atoms with van der Waals surface area (Å²) in [5.74, 6) is -3.10. The lowest BCUT2D eigenvalue weighted by atomic mass is 9.88. The summed E-state index contributed by atoms with van der Waals surface area (Å²) in [4.78, 5) is 31.0. The number of thiazole rings is 1. The van der Waals surface area contributed by atoms with Crippen molar-refractivity contribution < 1.29 is 23.1 Å². The minimum Gasteiger partial charge on any atom is -0.466 e. The van der Waals surface area contributed by atoms with Gasteiger partial charge in [-0.25, -0.2) is 13.8 Å². The number of anilines is 1. The molecule has 0 aliphatic carbocycles. The highest BCUT2D eigenvalue weighted by molar-refractivity contribution is 7.18. The average molecular weight is 430 g/mol. The van der Waals surface area contributed by atoms with E-state index in [1.807, 2.05) is 25.1 Å². The molecule has 156 valence electrons. The number of hydrogen-bond acceptors (Lipinski definition) is 5. The third-order valence-corrected chi connectivity index (χ3v) is 6.12. The molecule has 5 nitrogen and oxygen atoms in total. The lowest BCUT2D eigenvalue weighted by Gasteiger charge is -2.33. The fraction of sp³-hybridized carbons (Fsp3) is 0.318. The van der Waals surface area contributed by atoms with Crippen LogP contribution >= 0.6 is 11.3 Å². The zero-order chi connectivity index (χ0) is 21.4. The smallest absolute Gasteiger partial charge is 0.306 e. The Balaban J connectivity index is 1.69. The normalized spacial score (nSPS) is 16.1. The van der Waals surface area contributed by atoms with Crippen LogP contribution in [0.4, 0.5) is 14.5 Å². The highest BCUT2D eigenvalue weighted by Crippen LogP contribution is 2.35. The Bertz CT molecular complexity index is 1140. The van der Waals surface area contributed by atoms with E-state index in [0.29, 0.717) is 16.1 Å². The monoisotopic (exact) mass is 430 g/mol. The molecule has 1 amide bonds. The van der Waals surface area contributed by atoms with Crippen molar-refractivity contribution in [1.82, 2.24) is 4.98 Å². The van der Waals surface area contributed by atoms with Crippen LogP contribution in [0.15, 0.2) is 30.3 Å². The summed E-state index contributed by atoms with van der Waals surface area (Å²) in [6, 6.07) is 8.34. The number of aryl methyl sites for hydroxylation is 1. The first kappa shape index (κ1) is 20.4. The Labute approximate surface area is 176 Å². The molecular formula is C22H20F2N2O3S. The number of halogens is 2. The molecule has 1 atom stereocenters. The number of esters is 1. The van der Waals surface area contributed by atoms with Gasteiger partial charge < -0.3 is 9.64 Å². The van der Waals surface area contributed by atoms with Crippen molar-refractivity contribution in [2.45, 2.75) is 33.2 Å². The molecule has 0 bridgehead atoms. The van der Waals surface area contributed by atoms with E-state index in [4.69, 9.17) is 4.74 Å². The van der Waals surface area contributed by atoms with E-state index in [1.54, 1.807) is 11.8 Å². The zero-order valence-electron chi connectivity index (χ0n) is 16.6. The van der Waals surface area contributed by atoms with Gasteiger partial charge in [-0.2, -0.15) is 0 Å². The SMILES string of the molecule is CCOC(=O)CC1Cc2cc(C)ccc2N(Cc2nc3c(F)c(F)ccc3s2)C1=O. The Hall–Kier alpha value is -2.87. The maximum Gasteiger partial charge on any atom is 0.306 e. The Kier molecular flexibility index (Phi) is 5.51. The van der Waals surface area contributed by atoms with Gasteiger partial charge in [0, 0.05) is 5.69 Å². The highest BCUT2D eigenvalue weighted by Gasteiger charge is 2.35. The number of carbonyl (C=O) groups excluding carboxylic acids is 2. The van der Waals surface area contributed by atoms with Gasteiger partial charge in [-0.05, 0) is 44.0 Å². The van der Waals surface area contributed by atoms with Crippen LogP contribution < -0.4 is 4.90 Å².